The molecule has 1 amide bonds. The number of carbonyl (C=O) groups excluding carboxylic acids is 2. The zero-order valence-electron chi connectivity index (χ0n) is 22.3. The van der Waals surface area contributed by atoms with Gasteiger partial charge < -0.3 is 31.7 Å². The van der Waals surface area contributed by atoms with E-state index in [2.05, 4.69) is 5.32 Å². The quantitative estimate of drug-likeness (QED) is 0.298. The molecule has 35 heavy (non-hydrogen) atoms. The molecule has 2 heterocycles. The molecule has 202 valence electrons. The lowest BCUT2D eigenvalue weighted by Gasteiger charge is -2.55. The summed E-state index contributed by atoms with van der Waals surface area (Å²) in [4.78, 5) is 39.0. The molecule has 0 aromatic heterocycles. The van der Waals surface area contributed by atoms with Gasteiger partial charge in [0.25, 0.3) is 0 Å². The van der Waals surface area contributed by atoms with Crippen molar-refractivity contribution in [2.24, 2.45) is 11.7 Å². The molecule has 0 aromatic rings. The van der Waals surface area contributed by atoms with Crippen LogP contribution in [0.15, 0.2) is 0 Å². The van der Waals surface area contributed by atoms with Crippen molar-refractivity contribution < 1.29 is 35.0 Å². The van der Waals surface area contributed by atoms with Gasteiger partial charge in [-0.15, -0.1) is 0 Å². The van der Waals surface area contributed by atoms with Gasteiger partial charge >= 0.3 is 5.97 Å². The minimum Gasteiger partial charge on any atom is -0.480 e. The van der Waals surface area contributed by atoms with Gasteiger partial charge in [0.2, 0.25) is 5.91 Å². The number of ketones is 1. The highest BCUT2D eigenvalue weighted by Crippen LogP contribution is 2.44. The first kappa shape index (κ1) is 29.6. The minimum atomic E-state index is -1.70. The van der Waals surface area contributed by atoms with Gasteiger partial charge in [-0.2, -0.15) is 10.1 Å². The van der Waals surface area contributed by atoms with Crippen LogP contribution in [-0.2, 0) is 14.4 Å². The first-order chi connectivity index (χ1) is 15.6. The number of carbonyl (C=O) groups is 3. The predicted molar refractivity (Wildman–Crippen MR) is 128 cm³/mol. The molecular weight excluding hydrogens is 456 g/mol. The van der Waals surface area contributed by atoms with Crippen molar-refractivity contribution in [3.8, 4) is 0 Å². The number of nitrogens with two attached hydrogens (primary N) is 1. The second kappa shape index (κ2) is 9.04. The summed E-state index contributed by atoms with van der Waals surface area (Å²) in [5.41, 5.74) is -0.0292. The van der Waals surface area contributed by atoms with E-state index in [0.717, 1.165) is 5.06 Å². The average molecular weight is 501 g/mol. The summed E-state index contributed by atoms with van der Waals surface area (Å²) in [5, 5.41) is 46.1. The van der Waals surface area contributed by atoms with Crippen molar-refractivity contribution in [3.05, 3.63) is 0 Å². The van der Waals surface area contributed by atoms with Crippen molar-refractivity contribution >= 4 is 17.7 Å². The molecule has 11 heteroatoms. The maximum Gasteiger partial charge on any atom is 0.329 e. The Morgan fingerprint density at radius 2 is 1.20 bits per heavy atom. The van der Waals surface area contributed by atoms with Gasteiger partial charge in [-0.25, -0.2) is 4.79 Å². The van der Waals surface area contributed by atoms with Crippen molar-refractivity contribution in [2.45, 2.75) is 121 Å². The molecular formula is C24H44N4O7. The molecule has 0 saturated carbocycles. The van der Waals surface area contributed by atoms with Crippen LogP contribution in [0.5, 0.6) is 0 Å². The van der Waals surface area contributed by atoms with E-state index in [-0.39, 0.29) is 32.1 Å². The third-order valence-corrected chi connectivity index (χ3v) is 7.61. The number of piperidine rings is 2. The number of amides is 1. The standard InChI is InChI=1S/C24H44N4O7/c1-19(2)11-23(25,12-20(3,4)27(19)34)16(30)9-15(10-29)17(31)26-24(18(32)33)13-21(5,6)28(35)22(7,8)14-24/h15,29,34-35H,9-14,25H2,1-8H3,(H,26,31)(H,32,33). The van der Waals surface area contributed by atoms with Crippen molar-refractivity contribution in [1.29, 1.82) is 0 Å². The number of carboxylic acid groups (broad SMARTS) is 1. The normalized spacial score (nSPS) is 27.5. The Bertz CT molecular complexity index is 832. The Morgan fingerprint density at radius 3 is 1.54 bits per heavy atom. The SMILES string of the molecule is CC1(C)CC(N)(C(=O)CC(CO)C(=O)NC2(C(=O)O)CC(C)(C)N(O)C(C)(C)C2)CC(C)(C)N1O. The molecule has 2 aliphatic heterocycles. The van der Waals surface area contributed by atoms with E-state index >= 15 is 0 Å². The van der Waals surface area contributed by atoms with E-state index in [4.69, 9.17) is 5.73 Å². The first-order valence-electron chi connectivity index (χ1n) is 12.0. The number of hydrogen-bond acceptors (Lipinski definition) is 9. The van der Waals surface area contributed by atoms with Gasteiger partial charge in [0, 0.05) is 41.4 Å². The summed E-state index contributed by atoms with van der Waals surface area (Å²) in [6.07, 6.45) is -0.241. The second-order valence-electron chi connectivity index (χ2n) is 13.1. The number of carboxylic acids is 1. The molecule has 1 unspecified atom stereocenters. The molecule has 2 rings (SSSR count). The average Bonchev–Trinajstić information content (AvgIpc) is 2.66. The van der Waals surface area contributed by atoms with Gasteiger partial charge in [0.1, 0.15) is 5.54 Å². The maximum atomic E-state index is 13.4. The van der Waals surface area contributed by atoms with Gasteiger partial charge in [-0.05, 0) is 68.2 Å². The number of rotatable bonds is 7. The lowest BCUT2D eigenvalue weighted by Crippen LogP contribution is -2.71. The fourth-order valence-electron chi connectivity index (χ4n) is 6.58. The van der Waals surface area contributed by atoms with E-state index in [1.165, 1.54) is 5.06 Å². The number of nitrogens with one attached hydrogen (secondary N) is 1. The van der Waals surface area contributed by atoms with Crippen LogP contribution >= 0.6 is 0 Å². The molecule has 0 radical (unpaired) electrons. The third-order valence-electron chi connectivity index (χ3n) is 7.61. The zero-order valence-corrected chi connectivity index (χ0v) is 22.3. The van der Waals surface area contributed by atoms with Crippen LogP contribution in [0, 0.1) is 5.92 Å². The summed E-state index contributed by atoms with van der Waals surface area (Å²) < 4.78 is 0. The van der Waals surface area contributed by atoms with Gasteiger partial charge in [-0.3, -0.25) is 9.59 Å². The molecule has 2 saturated heterocycles. The highest BCUT2D eigenvalue weighted by Gasteiger charge is 2.58. The number of hydroxylamine groups is 4. The largest absolute Gasteiger partial charge is 0.480 e. The van der Waals surface area contributed by atoms with E-state index < -0.39 is 63.4 Å². The van der Waals surface area contributed by atoms with E-state index in [1.54, 1.807) is 55.4 Å². The highest BCUT2D eigenvalue weighted by atomic mass is 16.5. The number of aliphatic hydroxyl groups is 1. The lowest BCUT2D eigenvalue weighted by molar-refractivity contribution is -0.256. The number of aliphatic carboxylic acids is 1. The topological polar surface area (TPSA) is 177 Å². The first-order valence-corrected chi connectivity index (χ1v) is 12.0. The summed E-state index contributed by atoms with van der Waals surface area (Å²) in [6, 6.07) is 0. The van der Waals surface area contributed by atoms with Crippen LogP contribution in [0.1, 0.15) is 87.5 Å². The van der Waals surface area contributed by atoms with Crippen molar-refractivity contribution in [2.75, 3.05) is 6.61 Å². The van der Waals surface area contributed by atoms with Crippen molar-refractivity contribution in [3.63, 3.8) is 0 Å². The van der Waals surface area contributed by atoms with Crippen LogP contribution in [0.25, 0.3) is 0 Å². The second-order valence-corrected chi connectivity index (χ2v) is 13.1. The maximum absolute atomic E-state index is 13.4. The zero-order chi connectivity index (χ0) is 27.4. The predicted octanol–water partition coefficient (Wildman–Crippen LogP) is 1.28. The van der Waals surface area contributed by atoms with Crippen molar-refractivity contribution in [1.82, 2.24) is 15.4 Å². The van der Waals surface area contributed by atoms with Gasteiger partial charge in [-0.1, -0.05) is 0 Å². The Balaban J connectivity index is 2.28. The van der Waals surface area contributed by atoms with E-state index in [1.807, 2.05) is 0 Å². The lowest BCUT2D eigenvalue weighted by atomic mass is 9.67. The fourth-order valence-corrected chi connectivity index (χ4v) is 6.58. The van der Waals surface area contributed by atoms with E-state index in [0.29, 0.717) is 0 Å². The summed E-state index contributed by atoms with van der Waals surface area (Å²) >= 11 is 0. The van der Waals surface area contributed by atoms with Crippen LogP contribution in [0.4, 0.5) is 0 Å². The number of aliphatic hydroxyl groups excluding tert-OH is 1. The smallest absolute Gasteiger partial charge is 0.329 e. The Labute approximate surface area is 207 Å². The van der Waals surface area contributed by atoms with Crippen LogP contribution in [-0.4, -0.2) is 88.3 Å². The molecule has 2 aliphatic rings. The van der Waals surface area contributed by atoms with Crippen LogP contribution < -0.4 is 11.1 Å². The molecule has 11 nitrogen and oxygen atoms in total. The summed E-state index contributed by atoms with van der Waals surface area (Å²) in [5.74, 6) is -3.65. The van der Waals surface area contributed by atoms with Gasteiger partial charge in [0.15, 0.2) is 5.78 Å². The van der Waals surface area contributed by atoms with Crippen LogP contribution in [0.2, 0.25) is 0 Å². The number of hydrogen-bond donors (Lipinski definition) is 6. The fraction of sp³-hybridized carbons (Fsp3) is 0.875. The van der Waals surface area contributed by atoms with Crippen LogP contribution in [0.3, 0.4) is 0 Å². The third kappa shape index (κ3) is 5.55. The molecule has 7 N–H and O–H groups in total. The molecule has 1 atom stereocenters. The number of nitrogens with zero attached hydrogens (tertiary/aromatic N) is 2. The monoisotopic (exact) mass is 500 g/mol. The highest BCUT2D eigenvalue weighted by molar-refractivity contribution is 5.94. The summed E-state index contributed by atoms with van der Waals surface area (Å²) in [7, 11) is 0. The Kier molecular flexibility index (Phi) is 7.64. The van der Waals surface area contributed by atoms with Gasteiger partial charge in [0.05, 0.1) is 18.1 Å². The molecule has 0 spiro atoms. The van der Waals surface area contributed by atoms with E-state index in [9.17, 15) is 35.0 Å². The molecule has 0 aliphatic carbocycles. The Morgan fingerprint density at radius 1 is 0.829 bits per heavy atom. The minimum absolute atomic E-state index is 0.0807. The number of Topliss-reactive ketones (excluding diaryl/α,β-unsaturated/α-hetero) is 1. The Hall–Kier alpha value is -1.63. The molecule has 0 bridgehead atoms. The molecule has 0 aromatic carbocycles. The summed E-state index contributed by atoms with van der Waals surface area (Å²) in [6.45, 7) is 13.1. The molecule has 2 fully saturated rings.